The van der Waals surface area contributed by atoms with E-state index >= 15 is 0 Å². The maximum atomic E-state index is 11.7. The molecule has 0 atom stereocenters. The fourth-order valence-corrected chi connectivity index (χ4v) is 2.26. The molecule has 1 aliphatic heterocycles. The van der Waals surface area contributed by atoms with Crippen molar-refractivity contribution in [3.8, 4) is 0 Å². The molecule has 1 saturated heterocycles. The second-order valence-corrected chi connectivity index (χ2v) is 5.02. The van der Waals surface area contributed by atoms with E-state index < -0.39 is 5.91 Å². The van der Waals surface area contributed by atoms with Crippen LogP contribution in [0.15, 0.2) is 23.9 Å². The number of hydrogen-bond acceptors (Lipinski definition) is 3. The average molecular weight is 315 g/mol. The molecule has 0 radical (unpaired) electrons. The molecular weight excluding hydrogens is 307 g/mol. The first-order chi connectivity index (χ1) is 8.90. The molecule has 4 nitrogen and oxygen atoms in total. The van der Waals surface area contributed by atoms with Crippen molar-refractivity contribution in [2.45, 2.75) is 6.92 Å². The molecule has 0 aromatic heterocycles. The van der Waals surface area contributed by atoms with Gasteiger partial charge < -0.3 is 0 Å². The molecule has 0 unspecified atom stereocenters. The lowest BCUT2D eigenvalue weighted by Gasteiger charge is -2.12. The Hall–Kier alpha value is -1.43. The summed E-state index contributed by atoms with van der Waals surface area (Å²) < 4.78 is 0. The maximum Gasteiger partial charge on any atom is 0.274 e. The minimum atomic E-state index is -0.425. The molecule has 1 aromatic rings. The molecule has 1 N–H and O–H groups in total. The van der Waals surface area contributed by atoms with E-state index in [1.807, 2.05) is 0 Å². The summed E-state index contributed by atoms with van der Waals surface area (Å²) in [6.45, 7) is 1.33. The van der Waals surface area contributed by atoms with Crippen LogP contribution in [0.4, 0.5) is 0 Å². The van der Waals surface area contributed by atoms with Gasteiger partial charge in [-0.3, -0.25) is 19.8 Å². The van der Waals surface area contributed by atoms with Gasteiger partial charge in [0.1, 0.15) is 5.70 Å². The van der Waals surface area contributed by atoms with Gasteiger partial charge >= 0.3 is 0 Å². The van der Waals surface area contributed by atoms with E-state index in [-0.39, 0.29) is 16.7 Å². The smallest absolute Gasteiger partial charge is 0.274 e. The first kappa shape index (κ1) is 14.0. The summed E-state index contributed by atoms with van der Waals surface area (Å²) >= 11 is 16.6. The van der Waals surface area contributed by atoms with Crippen LogP contribution in [-0.4, -0.2) is 21.8 Å². The van der Waals surface area contributed by atoms with Gasteiger partial charge in [-0.15, -0.1) is 0 Å². The van der Waals surface area contributed by atoms with Crippen LogP contribution in [0.25, 0.3) is 6.08 Å². The van der Waals surface area contributed by atoms with Gasteiger partial charge in [0.25, 0.3) is 5.91 Å². The van der Waals surface area contributed by atoms with Crippen molar-refractivity contribution in [1.82, 2.24) is 10.2 Å². The number of carbonyl (C=O) groups excluding carboxylic acids is 2. The minimum Gasteiger partial charge on any atom is -0.297 e. The van der Waals surface area contributed by atoms with Gasteiger partial charge in [0, 0.05) is 6.92 Å². The number of nitrogens with one attached hydrogen (secondary N) is 1. The third-order valence-corrected chi connectivity index (χ3v) is 3.48. The van der Waals surface area contributed by atoms with E-state index in [0.29, 0.717) is 15.6 Å². The summed E-state index contributed by atoms with van der Waals surface area (Å²) in [5.41, 5.74) is 0.811. The summed E-state index contributed by atoms with van der Waals surface area (Å²) in [6, 6.07) is 4.90. The second kappa shape index (κ2) is 5.28. The van der Waals surface area contributed by atoms with Crippen LogP contribution in [-0.2, 0) is 9.59 Å². The zero-order chi connectivity index (χ0) is 14.2. The standard InChI is InChI=1S/C12H8Cl2N2O2S/c1-6(17)16-10(11(18)15-12(16)19)5-7-2-3-8(13)9(14)4-7/h2-5H,1H3,(H,15,18,19). The number of benzene rings is 1. The van der Waals surface area contributed by atoms with Gasteiger partial charge in [-0.25, -0.2) is 0 Å². The van der Waals surface area contributed by atoms with Gasteiger partial charge in [0.05, 0.1) is 10.0 Å². The summed E-state index contributed by atoms with van der Waals surface area (Å²) in [4.78, 5) is 24.4. The Labute approximate surface area is 125 Å². The summed E-state index contributed by atoms with van der Waals surface area (Å²) in [7, 11) is 0. The fraction of sp³-hybridized carbons (Fsp3) is 0.0833. The highest BCUT2D eigenvalue weighted by molar-refractivity contribution is 7.80. The van der Waals surface area contributed by atoms with Crippen LogP contribution in [0, 0.1) is 0 Å². The Morgan fingerprint density at radius 2 is 2.05 bits per heavy atom. The SMILES string of the molecule is CC(=O)N1C(=S)NC(=O)C1=Cc1ccc(Cl)c(Cl)c1. The molecule has 1 aliphatic rings. The fourth-order valence-electron chi connectivity index (χ4n) is 1.63. The Morgan fingerprint density at radius 3 is 2.63 bits per heavy atom. The molecule has 2 amide bonds. The lowest BCUT2D eigenvalue weighted by Crippen LogP contribution is -2.31. The highest BCUT2D eigenvalue weighted by Crippen LogP contribution is 2.25. The Balaban J connectivity index is 2.45. The number of rotatable bonds is 1. The summed E-state index contributed by atoms with van der Waals surface area (Å²) in [6.07, 6.45) is 1.53. The zero-order valence-electron chi connectivity index (χ0n) is 9.74. The Kier molecular flexibility index (Phi) is 3.89. The van der Waals surface area contributed by atoms with E-state index in [4.69, 9.17) is 35.4 Å². The third kappa shape index (κ3) is 2.78. The van der Waals surface area contributed by atoms with Crippen molar-refractivity contribution in [2.75, 3.05) is 0 Å². The molecule has 1 heterocycles. The van der Waals surface area contributed by atoms with Crippen molar-refractivity contribution >= 4 is 58.4 Å². The molecular formula is C12H8Cl2N2O2S. The molecule has 2 rings (SSSR count). The largest absolute Gasteiger partial charge is 0.297 e. The maximum absolute atomic E-state index is 11.7. The molecule has 19 heavy (non-hydrogen) atoms. The molecule has 98 valence electrons. The van der Waals surface area contributed by atoms with E-state index in [2.05, 4.69) is 5.32 Å². The minimum absolute atomic E-state index is 0.0730. The van der Waals surface area contributed by atoms with E-state index in [1.54, 1.807) is 18.2 Å². The summed E-state index contributed by atoms with van der Waals surface area (Å²) in [5, 5.41) is 3.27. The van der Waals surface area contributed by atoms with Crippen LogP contribution < -0.4 is 5.32 Å². The van der Waals surface area contributed by atoms with Crippen LogP contribution in [0.5, 0.6) is 0 Å². The van der Waals surface area contributed by atoms with Crippen molar-refractivity contribution < 1.29 is 9.59 Å². The van der Waals surface area contributed by atoms with E-state index in [9.17, 15) is 9.59 Å². The molecule has 0 bridgehead atoms. The number of thiocarbonyl (C=S) groups is 1. The van der Waals surface area contributed by atoms with E-state index in [0.717, 1.165) is 4.90 Å². The molecule has 1 fully saturated rings. The topological polar surface area (TPSA) is 49.4 Å². The number of amides is 2. The van der Waals surface area contributed by atoms with Crippen LogP contribution in [0.3, 0.4) is 0 Å². The van der Waals surface area contributed by atoms with Crippen LogP contribution in [0.2, 0.25) is 10.0 Å². The molecule has 1 aromatic carbocycles. The van der Waals surface area contributed by atoms with Crippen molar-refractivity contribution in [2.24, 2.45) is 0 Å². The number of halogens is 2. The number of nitrogens with zero attached hydrogens (tertiary/aromatic N) is 1. The van der Waals surface area contributed by atoms with Gasteiger partial charge in [-0.1, -0.05) is 29.3 Å². The van der Waals surface area contributed by atoms with Crippen molar-refractivity contribution in [1.29, 1.82) is 0 Å². The van der Waals surface area contributed by atoms with Gasteiger partial charge in [-0.05, 0) is 36.0 Å². The molecule has 0 saturated carbocycles. The predicted octanol–water partition coefficient (Wildman–Crippen LogP) is 2.60. The number of hydrogen-bond donors (Lipinski definition) is 1. The monoisotopic (exact) mass is 314 g/mol. The average Bonchev–Trinajstić information content (AvgIpc) is 2.59. The van der Waals surface area contributed by atoms with E-state index in [1.165, 1.54) is 13.0 Å². The molecule has 0 spiro atoms. The Bertz CT molecular complexity index is 628. The van der Waals surface area contributed by atoms with Crippen LogP contribution >= 0.6 is 35.4 Å². The summed E-state index contributed by atoms with van der Waals surface area (Å²) in [5.74, 6) is -0.763. The van der Waals surface area contributed by atoms with Crippen LogP contribution in [0.1, 0.15) is 12.5 Å². The lowest BCUT2D eigenvalue weighted by molar-refractivity contribution is -0.125. The van der Waals surface area contributed by atoms with Gasteiger partial charge in [-0.2, -0.15) is 0 Å². The zero-order valence-corrected chi connectivity index (χ0v) is 12.1. The number of carbonyl (C=O) groups is 2. The highest BCUT2D eigenvalue weighted by atomic mass is 35.5. The highest BCUT2D eigenvalue weighted by Gasteiger charge is 2.32. The van der Waals surface area contributed by atoms with Crippen molar-refractivity contribution in [3.63, 3.8) is 0 Å². The first-order valence-corrected chi connectivity index (χ1v) is 6.39. The third-order valence-electron chi connectivity index (χ3n) is 2.46. The quantitative estimate of drug-likeness (QED) is 0.640. The second-order valence-electron chi connectivity index (χ2n) is 3.82. The first-order valence-electron chi connectivity index (χ1n) is 5.23. The molecule has 7 heteroatoms. The molecule has 0 aliphatic carbocycles. The van der Waals surface area contributed by atoms with Gasteiger partial charge in [0.2, 0.25) is 5.91 Å². The lowest BCUT2D eigenvalue weighted by atomic mass is 10.2. The Morgan fingerprint density at radius 1 is 1.37 bits per heavy atom. The predicted molar refractivity (Wildman–Crippen MR) is 77.7 cm³/mol. The van der Waals surface area contributed by atoms with Crippen molar-refractivity contribution in [3.05, 3.63) is 39.5 Å². The van der Waals surface area contributed by atoms with Gasteiger partial charge in [0.15, 0.2) is 5.11 Å². The normalized spacial score (nSPS) is 17.0.